The highest BCUT2D eigenvalue weighted by Gasteiger charge is 2.33. The van der Waals surface area contributed by atoms with Gasteiger partial charge in [0.15, 0.2) is 0 Å². The molecule has 1 unspecified atom stereocenters. The highest BCUT2D eigenvalue weighted by atomic mass is 32.1. The molecule has 2 aliphatic rings. The van der Waals surface area contributed by atoms with Gasteiger partial charge in [-0.2, -0.15) is 0 Å². The lowest BCUT2D eigenvalue weighted by Crippen LogP contribution is -2.43. The monoisotopic (exact) mass is 449 g/mol. The highest BCUT2D eigenvalue weighted by Crippen LogP contribution is 2.39. The third-order valence-electron chi connectivity index (χ3n) is 6.02. The SMILES string of the molecule is CC(O)(CNC(=O)C(=O)Nc1cc2c3c(c1)CC(=O)N3CCC2)c1cc2ccccc2s1. The Kier molecular flexibility index (Phi) is 4.98. The number of anilines is 2. The van der Waals surface area contributed by atoms with Gasteiger partial charge in [0, 0.05) is 21.8 Å². The zero-order valence-electron chi connectivity index (χ0n) is 17.6. The Morgan fingerprint density at radius 1 is 1.16 bits per heavy atom. The van der Waals surface area contributed by atoms with E-state index in [2.05, 4.69) is 10.6 Å². The summed E-state index contributed by atoms with van der Waals surface area (Å²) in [6.07, 6.45) is 2.03. The zero-order chi connectivity index (χ0) is 22.5. The molecule has 0 fully saturated rings. The first-order chi connectivity index (χ1) is 15.3. The molecule has 164 valence electrons. The summed E-state index contributed by atoms with van der Waals surface area (Å²) in [4.78, 5) is 39.6. The van der Waals surface area contributed by atoms with Gasteiger partial charge in [-0.1, -0.05) is 18.2 Å². The summed E-state index contributed by atoms with van der Waals surface area (Å²) in [6, 6.07) is 13.3. The Labute approximate surface area is 189 Å². The number of aryl methyl sites for hydroxylation is 1. The predicted octanol–water partition coefficient (Wildman–Crippen LogP) is 2.70. The van der Waals surface area contributed by atoms with E-state index in [1.807, 2.05) is 41.3 Å². The van der Waals surface area contributed by atoms with Crippen LogP contribution in [-0.2, 0) is 32.8 Å². The largest absolute Gasteiger partial charge is 0.383 e. The maximum atomic E-state index is 12.5. The molecule has 0 radical (unpaired) electrons. The van der Waals surface area contributed by atoms with Crippen LogP contribution in [0.5, 0.6) is 0 Å². The van der Waals surface area contributed by atoms with E-state index in [1.165, 1.54) is 11.3 Å². The van der Waals surface area contributed by atoms with E-state index in [1.54, 1.807) is 13.0 Å². The number of hydrogen-bond donors (Lipinski definition) is 3. The molecule has 7 nitrogen and oxygen atoms in total. The Hall–Kier alpha value is -3.23. The standard InChI is InChI=1S/C24H23N3O4S/c1-24(31,19-11-14-5-2-3-7-18(14)32-19)13-25-22(29)23(30)26-17-9-15-6-4-8-27-20(28)12-16(10-17)21(15)27/h2-3,5,7,9-11,31H,4,6,8,12-13H2,1H3,(H,25,29)(H,26,30). The van der Waals surface area contributed by atoms with E-state index in [-0.39, 0.29) is 12.5 Å². The van der Waals surface area contributed by atoms with Gasteiger partial charge in [-0.15, -0.1) is 11.3 Å². The van der Waals surface area contributed by atoms with Gasteiger partial charge in [0.25, 0.3) is 0 Å². The average Bonchev–Trinajstić information content (AvgIpc) is 3.35. The molecule has 3 amide bonds. The van der Waals surface area contributed by atoms with Crippen molar-refractivity contribution in [1.82, 2.24) is 5.32 Å². The molecule has 1 aromatic heterocycles. The number of aliphatic hydroxyl groups is 1. The number of benzene rings is 2. The summed E-state index contributed by atoms with van der Waals surface area (Å²) in [7, 11) is 0. The Balaban J connectivity index is 1.25. The van der Waals surface area contributed by atoms with Crippen molar-refractivity contribution >= 4 is 50.5 Å². The first kappa shape index (κ1) is 20.7. The van der Waals surface area contributed by atoms with E-state index in [4.69, 9.17) is 0 Å². The fraction of sp³-hybridized carbons (Fsp3) is 0.292. The van der Waals surface area contributed by atoms with Crippen LogP contribution in [0.3, 0.4) is 0 Å². The lowest BCUT2D eigenvalue weighted by molar-refractivity contribution is -0.136. The number of amides is 3. The lowest BCUT2D eigenvalue weighted by Gasteiger charge is -2.26. The number of nitrogens with zero attached hydrogens (tertiary/aromatic N) is 1. The van der Waals surface area contributed by atoms with Gasteiger partial charge in [0.2, 0.25) is 5.91 Å². The molecule has 3 N–H and O–H groups in total. The van der Waals surface area contributed by atoms with Crippen LogP contribution < -0.4 is 15.5 Å². The van der Waals surface area contributed by atoms with Crippen molar-refractivity contribution in [3.8, 4) is 0 Å². The molecule has 1 atom stereocenters. The summed E-state index contributed by atoms with van der Waals surface area (Å²) >= 11 is 1.45. The molecule has 3 heterocycles. The number of nitrogens with one attached hydrogen (secondary N) is 2. The second-order valence-electron chi connectivity index (χ2n) is 8.53. The average molecular weight is 450 g/mol. The Morgan fingerprint density at radius 3 is 2.75 bits per heavy atom. The smallest absolute Gasteiger partial charge is 0.313 e. The summed E-state index contributed by atoms with van der Waals surface area (Å²) in [5, 5.41) is 17.1. The van der Waals surface area contributed by atoms with Crippen molar-refractivity contribution in [3.05, 3.63) is 58.5 Å². The van der Waals surface area contributed by atoms with Crippen molar-refractivity contribution in [2.75, 3.05) is 23.3 Å². The molecule has 0 saturated carbocycles. The van der Waals surface area contributed by atoms with Crippen molar-refractivity contribution in [2.45, 2.75) is 31.8 Å². The van der Waals surface area contributed by atoms with Gasteiger partial charge in [-0.25, -0.2) is 0 Å². The van der Waals surface area contributed by atoms with Gasteiger partial charge in [0.05, 0.1) is 18.7 Å². The minimum atomic E-state index is -1.30. The third kappa shape index (κ3) is 3.65. The maximum absolute atomic E-state index is 12.5. The second kappa shape index (κ2) is 7.72. The number of thiophene rings is 1. The molecule has 0 saturated heterocycles. The van der Waals surface area contributed by atoms with Crippen LogP contribution in [-0.4, -0.2) is 35.9 Å². The molecule has 3 aromatic rings. The van der Waals surface area contributed by atoms with Crippen LogP contribution >= 0.6 is 11.3 Å². The molecule has 8 heteroatoms. The number of fused-ring (bicyclic) bond motifs is 1. The normalized spacial score (nSPS) is 16.6. The highest BCUT2D eigenvalue weighted by molar-refractivity contribution is 7.19. The molecule has 2 aliphatic heterocycles. The summed E-state index contributed by atoms with van der Waals surface area (Å²) in [5.41, 5.74) is 2.06. The van der Waals surface area contributed by atoms with Gasteiger partial charge < -0.3 is 20.6 Å². The topological polar surface area (TPSA) is 98.7 Å². The van der Waals surface area contributed by atoms with Crippen LogP contribution in [0.1, 0.15) is 29.3 Å². The van der Waals surface area contributed by atoms with Crippen molar-refractivity contribution in [2.24, 2.45) is 0 Å². The maximum Gasteiger partial charge on any atom is 0.313 e. The van der Waals surface area contributed by atoms with E-state index < -0.39 is 17.4 Å². The van der Waals surface area contributed by atoms with Crippen molar-refractivity contribution in [1.29, 1.82) is 0 Å². The summed E-state index contributed by atoms with van der Waals surface area (Å²) < 4.78 is 1.05. The molecule has 0 aliphatic carbocycles. The molecule has 32 heavy (non-hydrogen) atoms. The van der Waals surface area contributed by atoms with Crippen molar-refractivity contribution in [3.63, 3.8) is 0 Å². The van der Waals surface area contributed by atoms with Crippen LogP contribution in [0.25, 0.3) is 10.1 Å². The zero-order valence-corrected chi connectivity index (χ0v) is 18.4. The number of hydrogen-bond acceptors (Lipinski definition) is 5. The fourth-order valence-electron chi connectivity index (χ4n) is 4.41. The van der Waals surface area contributed by atoms with Gasteiger partial charge in [-0.3, -0.25) is 14.4 Å². The fourth-order valence-corrected chi connectivity index (χ4v) is 5.51. The molecular formula is C24H23N3O4S. The van der Waals surface area contributed by atoms with E-state index in [9.17, 15) is 19.5 Å². The third-order valence-corrected chi connectivity index (χ3v) is 7.39. The van der Waals surface area contributed by atoms with Crippen LogP contribution in [0.15, 0.2) is 42.5 Å². The summed E-state index contributed by atoms with van der Waals surface area (Å²) in [6.45, 7) is 2.25. The summed E-state index contributed by atoms with van der Waals surface area (Å²) in [5.74, 6) is -1.55. The number of carbonyl (C=O) groups is 3. The number of rotatable bonds is 4. The van der Waals surface area contributed by atoms with E-state index in [0.717, 1.165) is 46.3 Å². The van der Waals surface area contributed by atoms with E-state index in [0.29, 0.717) is 17.0 Å². The van der Waals surface area contributed by atoms with Gasteiger partial charge in [0.1, 0.15) is 5.60 Å². The minimum Gasteiger partial charge on any atom is -0.383 e. The molecule has 0 spiro atoms. The lowest BCUT2D eigenvalue weighted by atomic mass is 9.99. The minimum absolute atomic E-state index is 0.0747. The molecule has 5 rings (SSSR count). The Morgan fingerprint density at radius 2 is 1.94 bits per heavy atom. The molecular weight excluding hydrogens is 426 g/mol. The van der Waals surface area contributed by atoms with Crippen LogP contribution in [0.4, 0.5) is 11.4 Å². The Bertz CT molecular complexity index is 1230. The molecule has 0 bridgehead atoms. The van der Waals surface area contributed by atoms with Gasteiger partial charge in [-0.05, 0) is 60.5 Å². The molecule has 2 aromatic carbocycles. The van der Waals surface area contributed by atoms with Crippen LogP contribution in [0.2, 0.25) is 0 Å². The quantitative estimate of drug-likeness (QED) is 0.534. The van der Waals surface area contributed by atoms with Crippen molar-refractivity contribution < 1.29 is 19.5 Å². The van der Waals surface area contributed by atoms with Gasteiger partial charge >= 0.3 is 11.8 Å². The predicted molar refractivity (Wildman–Crippen MR) is 124 cm³/mol. The first-order valence-corrected chi connectivity index (χ1v) is 11.4. The van der Waals surface area contributed by atoms with E-state index >= 15 is 0 Å². The number of carbonyl (C=O) groups excluding carboxylic acids is 3. The second-order valence-corrected chi connectivity index (χ2v) is 9.61. The first-order valence-electron chi connectivity index (χ1n) is 10.6. The van der Waals surface area contributed by atoms with Crippen LogP contribution in [0, 0.1) is 0 Å².